The van der Waals surface area contributed by atoms with E-state index in [1.54, 1.807) is 18.6 Å². The Labute approximate surface area is 256 Å². The maximum absolute atomic E-state index is 13.1. The molecule has 0 radical (unpaired) electrons. The number of fused-ring (bicyclic) bond motifs is 2. The van der Waals surface area contributed by atoms with Gasteiger partial charge in [0.25, 0.3) is 0 Å². The van der Waals surface area contributed by atoms with Gasteiger partial charge in [0.1, 0.15) is 21.8 Å². The summed E-state index contributed by atoms with van der Waals surface area (Å²) in [5.74, 6) is 1.47. The second-order valence-corrected chi connectivity index (χ2v) is 15.6. The number of halogens is 1. The van der Waals surface area contributed by atoms with Crippen LogP contribution in [0.1, 0.15) is 57.6 Å². The Morgan fingerprint density at radius 3 is 2.71 bits per heavy atom. The molecule has 1 aliphatic heterocycles. The van der Waals surface area contributed by atoms with Crippen molar-refractivity contribution >= 4 is 63.1 Å². The third-order valence-electron chi connectivity index (χ3n) is 8.07. The van der Waals surface area contributed by atoms with E-state index in [-0.39, 0.29) is 5.41 Å². The minimum absolute atomic E-state index is 0.161. The Morgan fingerprint density at radius 1 is 1.14 bits per heavy atom. The summed E-state index contributed by atoms with van der Waals surface area (Å²) in [6.07, 6.45) is 12.1. The minimum Gasteiger partial charge on any atom is -0.366 e. The standard InChI is InChI=1S/C29H32ClN9OS2/c1-28(2,3)42(40)38-23-19-6-10-31-15-17(19)14-29(23)8-12-39(13-9-29)27-36-25-26(37-27)35-21(16-33-25)41-20-7-11-32-24(22(20)30)34-18-4-5-18/h6-7,10-11,15-16,18H,4-5,8-9,12-14H2,1-3H3,(H,32,34)(H,33,35,36,37)/t42-/m1/s1. The Bertz CT molecular complexity index is 1720. The van der Waals surface area contributed by atoms with Crippen LogP contribution < -0.4 is 10.2 Å². The van der Waals surface area contributed by atoms with E-state index in [1.165, 1.54) is 17.3 Å². The Morgan fingerprint density at radius 2 is 1.95 bits per heavy atom. The van der Waals surface area contributed by atoms with Crippen LogP contribution in [0.15, 0.2) is 51.2 Å². The number of anilines is 2. The fourth-order valence-corrected chi connectivity index (χ4v) is 7.36. The van der Waals surface area contributed by atoms with Gasteiger partial charge < -0.3 is 15.2 Å². The third-order valence-corrected chi connectivity index (χ3v) is 10.9. The van der Waals surface area contributed by atoms with Gasteiger partial charge in [-0.15, -0.1) is 0 Å². The van der Waals surface area contributed by atoms with Gasteiger partial charge in [-0.05, 0) is 70.6 Å². The largest absolute Gasteiger partial charge is 0.366 e. The number of piperidine rings is 1. The molecule has 0 bridgehead atoms. The number of nitrogens with zero attached hydrogens (tertiary/aromatic N) is 7. The smallest absolute Gasteiger partial charge is 0.206 e. The molecule has 1 atom stereocenters. The molecule has 42 heavy (non-hydrogen) atoms. The van der Waals surface area contributed by atoms with Gasteiger partial charge in [-0.3, -0.25) is 4.98 Å². The minimum atomic E-state index is -1.34. The summed E-state index contributed by atoms with van der Waals surface area (Å²) in [6, 6.07) is 4.38. The number of hydrogen-bond acceptors (Lipinski definition) is 9. The Balaban J connectivity index is 1.09. The predicted octanol–water partition coefficient (Wildman–Crippen LogP) is 5.62. The average molecular weight is 622 g/mol. The molecule has 218 valence electrons. The molecule has 10 nitrogen and oxygen atoms in total. The molecule has 2 aliphatic carbocycles. The van der Waals surface area contributed by atoms with Gasteiger partial charge in [0.2, 0.25) is 5.95 Å². The molecule has 13 heteroatoms. The summed E-state index contributed by atoms with van der Waals surface area (Å²) >= 11 is 8.10. The predicted molar refractivity (Wildman–Crippen MR) is 168 cm³/mol. The van der Waals surface area contributed by atoms with E-state index in [4.69, 9.17) is 26.0 Å². The van der Waals surface area contributed by atoms with Crippen molar-refractivity contribution in [3.8, 4) is 0 Å². The van der Waals surface area contributed by atoms with E-state index in [9.17, 15) is 4.21 Å². The zero-order valence-electron chi connectivity index (χ0n) is 23.7. The summed E-state index contributed by atoms with van der Waals surface area (Å²) < 4.78 is 17.5. The highest BCUT2D eigenvalue weighted by molar-refractivity contribution is 7.99. The topological polar surface area (TPSA) is 125 Å². The van der Waals surface area contributed by atoms with Gasteiger partial charge in [0.15, 0.2) is 11.3 Å². The van der Waals surface area contributed by atoms with Crippen molar-refractivity contribution in [2.24, 2.45) is 9.81 Å². The fraction of sp³-hybridized carbons (Fsp3) is 0.448. The van der Waals surface area contributed by atoms with Crippen LogP contribution in [0.4, 0.5) is 11.8 Å². The van der Waals surface area contributed by atoms with Crippen LogP contribution in [0.25, 0.3) is 11.3 Å². The van der Waals surface area contributed by atoms with Gasteiger partial charge in [0.05, 0.1) is 21.7 Å². The maximum Gasteiger partial charge on any atom is 0.206 e. The van der Waals surface area contributed by atoms with Gasteiger partial charge in [-0.1, -0.05) is 23.4 Å². The zero-order valence-corrected chi connectivity index (χ0v) is 26.1. The molecule has 1 saturated carbocycles. The van der Waals surface area contributed by atoms with Crippen molar-refractivity contribution in [2.45, 2.75) is 73.6 Å². The number of aromatic amines is 1. The first-order valence-electron chi connectivity index (χ1n) is 14.2. The molecule has 0 amide bonds. The van der Waals surface area contributed by atoms with E-state index in [0.717, 1.165) is 72.3 Å². The van der Waals surface area contributed by atoms with Crippen molar-refractivity contribution in [1.29, 1.82) is 0 Å². The third kappa shape index (κ3) is 5.28. The second kappa shape index (κ2) is 10.6. The van der Waals surface area contributed by atoms with Crippen LogP contribution in [-0.2, 0) is 17.4 Å². The fourth-order valence-electron chi connectivity index (χ4n) is 5.56. The highest BCUT2D eigenvalue weighted by Gasteiger charge is 2.46. The molecule has 7 rings (SSSR count). The second-order valence-electron chi connectivity index (χ2n) is 12.2. The van der Waals surface area contributed by atoms with Crippen LogP contribution in [0.5, 0.6) is 0 Å². The summed E-state index contributed by atoms with van der Waals surface area (Å²) in [6.45, 7) is 7.47. The molecule has 5 heterocycles. The highest BCUT2D eigenvalue weighted by Crippen LogP contribution is 2.46. The molecule has 4 aromatic rings. The lowest BCUT2D eigenvalue weighted by Gasteiger charge is -2.39. The average Bonchev–Trinajstić information content (AvgIpc) is 3.61. The monoisotopic (exact) mass is 621 g/mol. The van der Waals surface area contributed by atoms with Crippen molar-refractivity contribution in [1.82, 2.24) is 29.9 Å². The Kier molecular flexibility index (Phi) is 6.98. The lowest BCUT2D eigenvalue weighted by molar-refractivity contribution is 0.329. The van der Waals surface area contributed by atoms with E-state index < -0.39 is 15.7 Å². The van der Waals surface area contributed by atoms with Gasteiger partial charge in [0, 0.05) is 53.6 Å². The van der Waals surface area contributed by atoms with E-state index in [0.29, 0.717) is 28.2 Å². The van der Waals surface area contributed by atoms with E-state index in [1.807, 2.05) is 39.1 Å². The SMILES string of the molecule is CC(C)(C)[S@@](=O)N=C1c2ccncc2CC12CCN(c1nc3ncc(Sc4ccnc(NC5CC5)c4Cl)nc3[nH]1)CC2. The van der Waals surface area contributed by atoms with Crippen LogP contribution in [0, 0.1) is 5.41 Å². The van der Waals surface area contributed by atoms with Crippen LogP contribution in [0.3, 0.4) is 0 Å². The van der Waals surface area contributed by atoms with Gasteiger partial charge in [-0.2, -0.15) is 9.38 Å². The van der Waals surface area contributed by atoms with Crippen LogP contribution in [0.2, 0.25) is 5.02 Å². The lowest BCUT2D eigenvalue weighted by Crippen LogP contribution is -2.44. The van der Waals surface area contributed by atoms with Crippen molar-refractivity contribution in [3.63, 3.8) is 0 Å². The number of imidazole rings is 1. The van der Waals surface area contributed by atoms with Crippen LogP contribution in [-0.4, -0.2) is 63.7 Å². The molecule has 3 aliphatic rings. The van der Waals surface area contributed by atoms with Crippen molar-refractivity contribution in [3.05, 3.63) is 53.1 Å². The highest BCUT2D eigenvalue weighted by atomic mass is 35.5. The number of rotatable bonds is 6. The maximum atomic E-state index is 13.1. The Hall–Kier alpha value is -3.09. The first-order chi connectivity index (χ1) is 20.2. The lowest BCUT2D eigenvalue weighted by atomic mass is 9.74. The molecular formula is C29H32ClN9OS2. The molecule has 1 spiro atoms. The number of pyridine rings is 2. The molecule has 0 unspecified atom stereocenters. The van der Waals surface area contributed by atoms with E-state index >= 15 is 0 Å². The molecule has 4 aromatic heterocycles. The zero-order chi connectivity index (χ0) is 29.1. The number of aromatic nitrogens is 6. The van der Waals surface area contributed by atoms with Crippen molar-refractivity contribution < 1.29 is 4.21 Å². The van der Waals surface area contributed by atoms with Gasteiger partial charge in [-0.25, -0.2) is 19.2 Å². The quantitative estimate of drug-likeness (QED) is 0.282. The number of nitrogens with one attached hydrogen (secondary N) is 2. The molecular weight excluding hydrogens is 590 g/mol. The first kappa shape index (κ1) is 27.7. The van der Waals surface area contributed by atoms with Crippen LogP contribution >= 0.6 is 23.4 Å². The summed E-state index contributed by atoms with van der Waals surface area (Å²) in [4.78, 5) is 29.4. The number of H-pyrrole nitrogens is 1. The van der Waals surface area contributed by atoms with E-state index in [2.05, 4.69) is 30.2 Å². The summed E-state index contributed by atoms with van der Waals surface area (Å²) in [5.41, 5.74) is 4.29. The summed E-state index contributed by atoms with van der Waals surface area (Å²) in [5, 5.41) is 4.71. The molecule has 0 aromatic carbocycles. The summed E-state index contributed by atoms with van der Waals surface area (Å²) in [7, 11) is -1.34. The number of hydrogen-bond donors (Lipinski definition) is 2. The molecule has 2 fully saturated rings. The molecule has 1 saturated heterocycles. The van der Waals surface area contributed by atoms with Crippen molar-refractivity contribution in [2.75, 3.05) is 23.3 Å². The molecule has 2 N–H and O–H groups in total. The normalized spacial score (nSPS) is 19.9. The van der Waals surface area contributed by atoms with Gasteiger partial charge >= 0.3 is 0 Å². The first-order valence-corrected chi connectivity index (χ1v) is 16.5.